The van der Waals surface area contributed by atoms with Crippen molar-refractivity contribution in [3.63, 3.8) is 0 Å². The Morgan fingerprint density at radius 3 is 2.67 bits per heavy atom. The summed E-state index contributed by atoms with van der Waals surface area (Å²) in [5, 5.41) is 8.56. The molecule has 0 aliphatic carbocycles. The van der Waals surface area contributed by atoms with E-state index in [1.54, 1.807) is 18.2 Å². The van der Waals surface area contributed by atoms with E-state index >= 15 is 0 Å². The summed E-state index contributed by atoms with van der Waals surface area (Å²) in [5.41, 5.74) is 1.40. The fourth-order valence-corrected chi connectivity index (χ4v) is 1.46. The standard InChI is InChI=1S/C14H10N2O2/c15-6-5-11-1-3-13(4-2-11)18-14-7-12(10-17)8-16-9-14/h1-4,7-10H,5H2. The van der Waals surface area contributed by atoms with Crippen LogP contribution in [-0.2, 0) is 6.42 Å². The Hall–Kier alpha value is -2.67. The van der Waals surface area contributed by atoms with E-state index in [0.717, 1.165) is 11.8 Å². The monoisotopic (exact) mass is 238 g/mol. The quantitative estimate of drug-likeness (QED) is 0.768. The number of hydrogen-bond acceptors (Lipinski definition) is 4. The smallest absolute Gasteiger partial charge is 0.151 e. The molecule has 0 fully saturated rings. The molecule has 1 heterocycles. The van der Waals surface area contributed by atoms with Crippen LogP contribution in [0.25, 0.3) is 0 Å². The third-order valence-electron chi connectivity index (χ3n) is 2.31. The molecule has 88 valence electrons. The minimum Gasteiger partial charge on any atom is -0.456 e. The number of nitrogens with zero attached hydrogens (tertiary/aromatic N) is 2. The highest BCUT2D eigenvalue weighted by Gasteiger charge is 2.00. The normalized spacial score (nSPS) is 9.50. The number of ether oxygens (including phenoxy) is 1. The van der Waals surface area contributed by atoms with Crippen LogP contribution in [0, 0.1) is 11.3 Å². The molecule has 1 aromatic heterocycles. The van der Waals surface area contributed by atoms with Crippen molar-refractivity contribution in [1.82, 2.24) is 4.98 Å². The minimum absolute atomic E-state index is 0.377. The van der Waals surface area contributed by atoms with Crippen LogP contribution in [-0.4, -0.2) is 11.3 Å². The second-order valence-corrected chi connectivity index (χ2v) is 3.65. The van der Waals surface area contributed by atoms with Crippen molar-refractivity contribution in [2.24, 2.45) is 0 Å². The first-order chi connectivity index (χ1) is 8.81. The van der Waals surface area contributed by atoms with E-state index in [-0.39, 0.29) is 0 Å². The lowest BCUT2D eigenvalue weighted by molar-refractivity contribution is 0.112. The van der Waals surface area contributed by atoms with Crippen LogP contribution in [0.15, 0.2) is 42.7 Å². The van der Waals surface area contributed by atoms with Crippen molar-refractivity contribution in [1.29, 1.82) is 5.26 Å². The van der Waals surface area contributed by atoms with Gasteiger partial charge in [0.25, 0.3) is 0 Å². The number of nitriles is 1. The highest BCUT2D eigenvalue weighted by molar-refractivity contribution is 5.74. The van der Waals surface area contributed by atoms with Gasteiger partial charge in [0.1, 0.15) is 11.5 Å². The van der Waals surface area contributed by atoms with Crippen LogP contribution < -0.4 is 4.74 Å². The molecular formula is C14H10N2O2. The van der Waals surface area contributed by atoms with Crippen LogP contribution in [0.5, 0.6) is 11.5 Å². The van der Waals surface area contributed by atoms with Gasteiger partial charge in [0.2, 0.25) is 0 Å². The molecule has 0 N–H and O–H groups in total. The third-order valence-corrected chi connectivity index (χ3v) is 2.31. The SMILES string of the molecule is N#CCc1ccc(Oc2cncc(C=O)c2)cc1. The van der Waals surface area contributed by atoms with Crippen LogP contribution >= 0.6 is 0 Å². The van der Waals surface area contributed by atoms with Crippen molar-refractivity contribution >= 4 is 6.29 Å². The maximum absolute atomic E-state index is 10.6. The van der Waals surface area contributed by atoms with Crippen LogP contribution in [0.4, 0.5) is 0 Å². The van der Waals surface area contributed by atoms with Crippen molar-refractivity contribution in [2.75, 3.05) is 0 Å². The summed E-state index contributed by atoms with van der Waals surface area (Å²) in [4.78, 5) is 14.5. The topological polar surface area (TPSA) is 63.0 Å². The number of carbonyl (C=O) groups excluding carboxylic acids is 1. The highest BCUT2D eigenvalue weighted by Crippen LogP contribution is 2.21. The average Bonchev–Trinajstić information content (AvgIpc) is 2.42. The zero-order valence-electron chi connectivity index (χ0n) is 9.54. The summed E-state index contributed by atoms with van der Waals surface area (Å²) in [6.45, 7) is 0. The van der Waals surface area contributed by atoms with Gasteiger partial charge in [0, 0.05) is 11.8 Å². The zero-order valence-corrected chi connectivity index (χ0v) is 9.54. The predicted molar refractivity (Wildman–Crippen MR) is 65.5 cm³/mol. The molecular weight excluding hydrogens is 228 g/mol. The van der Waals surface area contributed by atoms with E-state index in [0.29, 0.717) is 23.5 Å². The Morgan fingerprint density at radius 1 is 1.22 bits per heavy atom. The molecule has 0 unspecified atom stereocenters. The highest BCUT2D eigenvalue weighted by atomic mass is 16.5. The van der Waals surface area contributed by atoms with Crippen molar-refractivity contribution in [2.45, 2.75) is 6.42 Å². The van der Waals surface area contributed by atoms with Gasteiger partial charge in [-0.2, -0.15) is 5.26 Å². The van der Waals surface area contributed by atoms with Crippen LogP contribution in [0.3, 0.4) is 0 Å². The Morgan fingerprint density at radius 2 is 2.00 bits per heavy atom. The molecule has 0 radical (unpaired) electrons. The Labute approximate surface area is 104 Å². The van der Waals surface area contributed by atoms with E-state index in [1.807, 2.05) is 12.1 Å². The van der Waals surface area contributed by atoms with E-state index in [2.05, 4.69) is 11.1 Å². The maximum atomic E-state index is 10.6. The molecule has 0 saturated carbocycles. The molecule has 0 spiro atoms. The molecule has 4 nitrogen and oxygen atoms in total. The van der Waals surface area contributed by atoms with Gasteiger partial charge in [-0.05, 0) is 23.8 Å². The second-order valence-electron chi connectivity index (χ2n) is 3.65. The van der Waals surface area contributed by atoms with Gasteiger partial charge < -0.3 is 4.74 Å². The lowest BCUT2D eigenvalue weighted by Crippen LogP contribution is -1.89. The number of aromatic nitrogens is 1. The fourth-order valence-electron chi connectivity index (χ4n) is 1.46. The largest absolute Gasteiger partial charge is 0.456 e. The van der Waals surface area contributed by atoms with Gasteiger partial charge in [-0.3, -0.25) is 9.78 Å². The second kappa shape index (κ2) is 5.60. The first-order valence-electron chi connectivity index (χ1n) is 5.36. The molecule has 1 aromatic carbocycles. The molecule has 2 aromatic rings. The molecule has 4 heteroatoms. The Kier molecular flexibility index (Phi) is 3.67. The van der Waals surface area contributed by atoms with Gasteiger partial charge in [-0.15, -0.1) is 0 Å². The summed E-state index contributed by atoms with van der Waals surface area (Å²) in [5.74, 6) is 1.15. The molecule has 0 bridgehead atoms. The molecule has 18 heavy (non-hydrogen) atoms. The third kappa shape index (κ3) is 2.92. The number of hydrogen-bond donors (Lipinski definition) is 0. The van der Waals surface area contributed by atoms with Gasteiger partial charge in [0.15, 0.2) is 6.29 Å². The Bertz CT molecular complexity index is 585. The number of carbonyl (C=O) groups is 1. The van der Waals surface area contributed by atoms with Crippen molar-refractivity contribution in [3.05, 3.63) is 53.9 Å². The number of rotatable bonds is 4. The summed E-state index contributed by atoms with van der Waals surface area (Å²) in [7, 11) is 0. The van der Waals surface area contributed by atoms with Crippen molar-refractivity contribution in [3.8, 4) is 17.6 Å². The number of aldehydes is 1. The molecule has 0 atom stereocenters. The van der Waals surface area contributed by atoms with E-state index < -0.39 is 0 Å². The van der Waals surface area contributed by atoms with Gasteiger partial charge in [0.05, 0.1) is 18.7 Å². The van der Waals surface area contributed by atoms with E-state index in [1.165, 1.54) is 12.4 Å². The summed E-state index contributed by atoms with van der Waals surface area (Å²) >= 11 is 0. The fraction of sp³-hybridized carbons (Fsp3) is 0.0714. The Balaban J connectivity index is 2.13. The summed E-state index contributed by atoms with van der Waals surface area (Å²) < 4.78 is 5.55. The van der Waals surface area contributed by atoms with Crippen LogP contribution in [0.1, 0.15) is 15.9 Å². The maximum Gasteiger partial charge on any atom is 0.151 e. The van der Waals surface area contributed by atoms with Crippen LogP contribution in [0.2, 0.25) is 0 Å². The molecule has 0 aliphatic rings. The first-order valence-corrected chi connectivity index (χ1v) is 5.36. The van der Waals surface area contributed by atoms with Gasteiger partial charge in [-0.1, -0.05) is 12.1 Å². The predicted octanol–water partition coefficient (Wildman–Crippen LogP) is 2.75. The van der Waals surface area contributed by atoms with E-state index in [4.69, 9.17) is 10.00 Å². The lowest BCUT2D eigenvalue weighted by Gasteiger charge is -2.05. The minimum atomic E-state index is 0.377. The van der Waals surface area contributed by atoms with E-state index in [9.17, 15) is 4.79 Å². The van der Waals surface area contributed by atoms with Crippen molar-refractivity contribution < 1.29 is 9.53 Å². The average molecular weight is 238 g/mol. The molecule has 0 aliphatic heterocycles. The summed E-state index contributed by atoms with van der Waals surface area (Å²) in [6, 6.07) is 10.9. The number of pyridine rings is 1. The molecule has 0 saturated heterocycles. The van der Waals surface area contributed by atoms with Gasteiger partial charge in [-0.25, -0.2) is 0 Å². The summed E-state index contributed by atoms with van der Waals surface area (Å²) in [6.07, 6.45) is 4.10. The molecule has 2 rings (SSSR count). The zero-order chi connectivity index (χ0) is 12.8. The molecule has 0 amide bonds. The number of benzene rings is 1. The first kappa shape index (κ1) is 11.8. The lowest BCUT2D eigenvalue weighted by atomic mass is 10.2. The van der Waals surface area contributed by atoms with Gasteiger partial charge >= 0.3 is 0 Å².